The summed E-state index contributed by atoms with van der Waals surface area (Å²) in [6.45, 7) is 0.325. The number of carboxylic acid groups (broad SMARTS) is 1. The molecule has 0 amide bonds. The van der Waals surface area contributed by atoms with Crippen LogP contribution in [0.15, 0.2) is 54.6 Å². The molecule has 2 rings (SSSR count). The largest absolute Gasteiger partial charge is 0.494 e. The van der Waals surface area contributed by atoms with Crippen LogP contribution >= 0.6 is 11.6 Å². The van der Waals surface area contributed by atoms with Gasteiger partial charge < -0.3 is 9.84 Å². The van der Waals surface area contributed by atoms with Gasteiger partial charge in [0.25, 0.3) is 0 Å². The molecule has 0 bridgehead atoms. The van der Waals surface area contributed by atoms with Crippen LogP contribution in [0.4, 0.5) is 0 Å². The molecule has 0 atom stereocenters. The van der Waals surface area contributed by atoms with Gasteiger partial charge in [0.2, 0.25) is 0 Å². The van der Waals surface area contributed by atoms with Crippen LogP contribution < -0.4 is 4.74 Å². The van der Waals surface area contributed by atoms with Gasteiger partial charge in [-0.2, -0.15) is 0 Å². The maximum absolute atomic E-state index is 12.1. The lowest BCUT2D eigenvalue weighted by Crippen LogP contribution is -2.02. The molecule has 0 aliphatic rings. The van der Waals surface area contributed by atoms with Crippen LogP contribution in [0.1, 0.15) is 28.8 Å². The number of carbonyl (C=O) groups excluding carboxylic acids is 1. The van der Waals surface area contributed by atoms with Crippen LogP contribution in [0.2, 0.25) is 5.02 Å². The highest BCUT2D eigenvalue weighted by Gasteiger charge is 2.03. The summed E-state index contributed by atoms with van der Waals surface area (Å²) in [6.07, 6.45) is 3.67. The van der Waals surface area contributed by atoms with Gasteiger partial charge in [0, 0.05) is 17.0 Å². The highest BCUT2D eigenvalue weighted by molar-refractivity contribution is 6.32. The van der Waals surface area contributed by atoms with E-state index in [1.54, 1.807) is 36.4 Å². The maximum Gasteiger partial charge on any atom is 0.303 e. The number of rotatable bonds is 8. The van der Waals surface area contributed by atoms with Crippen molar-refractivity contribution in [1.29, 1.82) is 0 Å². The van der Waals surface area contributed by atoms with Crippen molar-refractivity contribution in [2.45, 2.75) is 12.8 Å². The molecule has 0 fully saturated rings. The molecular weight excluding hydrogens is 328 g/mol. The van der Waals surface area contributed by atoms with Gasteiger partial charge in [-0.25, -0.2) is 0 Å². The van der Waals surface area contributed by atoms with Gasteiger partial charge in [0.05, 0.1) is 6.61 Å². The summed E-state index contributed by atoms with van der Waals surface area (Å²) in [5, 5.41) is 9.14. The number of carboxylic acids is 1. The first-order chi connectivity index (χ1) is 11.6. The Morgan fingerprint density at radius 1 is 1.08 bits per heavy atom. The van der Waals surface area contributed by atoms with Crippen LogP contribution in [-0.4, -0.2) is 23.5 Å². The third-order valence-corrected chi connectivity index (χ3v) is 3.61. The molecule has 0 unspecified atom stereocenters. The summed E-state index contributed by atoms with van der Waals surface area (Å²) < 4.78 is 5.43. The van der Waals surface area contributed by atoms with Crippen LogP contribution in [0.25, 0.3) is 6.08 Å². The lowest BCUT2D eigenvalue weighted by Gasteiger charge is -2.05. The van der Waals surface area contributed by atoms with E-state index < -0.39 is 5.97 Å². The monoisotopic (exact) mass is 344 g/mol. The standard InChI is InChI=1S/C19H17ClO4/c20-17-5-2-1-4-14(17)9-12-18(21)15-7-10-16(11-8-15)24-13-3-6-19(22)23/h1-2,4-5,7-12H,3,6,13H2,(H,22,23)/b12-9+. The molecule has 2 aromatic carbocycles. The van der Waals surface area contributed by atoms with E-state index >= 15 is 0 Å². The van der Waals surface area contributed by atoms with Crippen molar-refractivity contribution in [3.63, 3.8) is 0 Å². The van der Waals surface area contributed by atoms with Gasteiger partial charge in [-0.3, -0.25) is 9.59 Å². The minimum Gasteiger partial charge on any atom is -0.494 e. The van der Waals surface area contributed by atoms with Crippen molar-refractivity contribution in [2.75, 3.05) is 6.61 Å². The van der Waals surface area contributed by atoms with E-state index in [9.17, 15) is 9.59 Å². The minimum absolute atomic E-state index is 0.0728. The van der Waals surface area contributed by atoms with E-state index in [0.717, 1.165) is 5.56 Å². The van der Waals surface area contributed by atoms with Crippen molar-refractivity contribution in [3.8, 4) is 5.75 Å². The molecule has 0 aromatic heterocycles. The number of hydrogen-bond donors (Lipinski definition) is 1. The fraction of sp³-hybridized carbons (Fsp3) is 0.158. The first-order valence-electron chi connectivity index (χ1n) is 7.48. The predicted molar refractivity (Wildman–Crippen MR) is 93.6 cm³/mol. The zero-order valence-corrected chi connectivity index (χ0v) is 13.7. The quantitative estimate of drug-likeness (QED) is 0.435. The fourth-order valence-electron chi connectivity index (χ4n) is 2.00. The molecule has 0 radical (unpaired) electrons. The molecule has 5 heteroatoms. The Bertz CT molecular complexity index is 735. The number of ether oxygens (including phenoxy) is 1. The number of benzene rings is 2. The Hall–Kier alpha value is -2.59. The van der Waals surface area contributed by atoms with E-state index in [-0.39, 0.29) is 12.2 Å². The average Bonchev–Trinajstić information content (AvgIpc) is 2.58. The fourth-order valence-corrected chi connectivity index (χ4v) is 2.20. The van der Waals surface area contributed by atoms with E-state index in [1.807, 2.05) is 18.2 Å². The van der Waals surface area contributed by atoms with Crippen LogP contribution in [0.5, 0.6) is 5.75 Å². The third-order valence-electron chi connectivity index (χ3n) is 3.26. The number of allylic oxidation sites excluding steroid dienone is 1. The molecule has 0 aliphatic carbocycles. The summed E-state index contributed by atoms with van der Waals surface area (Å²) in [5.74, 6) is -0.371. The van der Waals surface area contributed by atoms with Crippen molar-refractivity contribution in [1.82, 2.24) is 0 Å². The third kappa shape index (κ3) is 5.56. The van der Waals surface area contributed by atoms with Gasteiger partial charge >= 0.3 is 5.97 Å². The Morgan fingerprint density at radius 2 is 1.79 bits per heavy atom. The lowest BCUT2D eigenvalue weighted by atomic mass is 10.1. The zero-order valence-electron chi connectivity index (χ0n) is 12.9. The lowest BCUT2D eigenvalue weighted by molar-refractivity contribution is -0.137. The van der Waals surface area contributed by atoms with Crippen molar-refractivity contribution < 1.29 is 19.4 Å². The van der Waals surface area contributed by atoms with Gasteiger partial charge in [-0.1, -0.05) is 29.8 Å². The zero-order chi connectivity index (χ0) is 17.4. The molecule has 24 heavy (non-hydrogen) atoms. The van der Waals surface area contributed by atoms with Gasteiger partial charge in [-0.15, -0.1) is 0 Å². The Labute approximate surface area is 145 Å². The number of ketones is 1. The van der Waals surface area contributed by atoms with Crippen molar-refractivity contribution in [3.05, 3.63) is 70.8 Å². The summed E-state index contributed by atoms with van der Waals surface area (Å²) in [6, 6.07) is 14.0. The van der Waals surface area contributed by atoms with Gasteiger partial charge in [0.15, 0.2) is 5.78 Å². The summed E-state index contributed by atoms with van der Waals surface area (Å²) in [7, 11) is 0. The first kappa shape index (κ1) is 17.8. The SMILES string of the molecule is O=C(O)CCCOc1ccc(C(=O)/C=C/c2ccccc2Cl)cc1. The molecule has 1 N–H and O–H groups in total. The minimum atomic E-state index is -0.843. The molecule has 0 saturated carbocycles. The Balaban J connectivity index is 1.91. The molecule has 4 nitrogen and oxygen atoms in total. The molecule has 2 aromatic rings. The van der Waals surface area contributed by atoms with Gasteiger partial charge in [-0.05, 0) is 54.5 Å². The number of hydrogen-bond acceptors (Lipinski definition) is 3. The number of halogens is 1. The predicted octanol–water partition coefficient (Wildman–Crippen LogP) is 4.48. The van der Waals surface area contributed by atoms with E-state index in [2.05, 4.69) is 0 Å². The van der Waals surface area contributed by atoms with E-state index in [0.29, 0.717) is 29.4 Å². The summed E-state index contributed by atoms with van der Waals surface area (Å²) in [4.78, 5) is 22.5. The highest BCUT2D eigenvalue weighted by Crippen LogP contribution is 2.17. The molecule has 0 saturated heterocycles. The van der Waals surface area contributed by atoms with Crippen LogP contribution in [-0.2, 0) is 4.79 Å². The number of aliphatic carboxylic acids is 1. The second kappa shape index (κ2) is 8.89. The molecule has 0 aliphatic heterocycles. The second-order valence-corrected chi connectivity index (χ2v) is 5.50. The van der Waals surface area contributed by atoms with Crippen molar-refractivity contribution in [2.24, 2.45) is 0 Å². The Kier molecular flexibility index (Phi) is 6.58. The average molecular weight is 345 g/mol. The molecule has 0 heterocycles. The first-order valence-corrected chi connectivity index (χ1v) is 7.85. The summed E-state index contributed by atoms with van der Waals surface area (Å²) in [5.41, 5.74) is 1.32. The summed E-state index contributed by atoms with van der Waals surface area (Å²) >= 11 is 6.04. The van der Waals surface area contributed by atoms with Crippen LogP contribution in [0.3, 0.4) is 0 Å². The van der Waals surface area contributed by atoms with E-state index in [1.165, 1.54) is 6.08 Å². The van der Waals surface area contributed by atoms with Gasteiger partial charge in [0.1, 0.15) is 5.75 Å². The molecule has 124 valence electrons. The van der Waals surface area contributed by atoms with Crippen LogP contribution in [0, 0.1) is 0 Å². The maximum atomic E-state index is 12.1. The molecule has 0 spiro atoms. The van der Waals surface area contributed by atoms with Crippen molar-refractivity contribution >= 4 is 29.4 Å². The molecular formula is C19H17ClO4. The number of carbonyl (C=O) groups is 2. The smallest absolute Gasteiger partial charge is 0.303 e. The van der Waals surface area contributed by atoms with E-state index in [4.69, 9.17) is 21.4 Å². The topological polar surface area (TPSA) is 63.6 Å². The highest BCUT2D eigenvalue weighted by atomic mass is 35.5. The second-order valence-electron chi connectivity index (χ2n) is 5.09. The normalized spacial score (nSPS) is 10.7. The Morgan fingerprint density at radius 3 is 2.46 bits per heavy atom.